The van der Waals surface area contributed by atoms with Crippen molar-refractivity contribution in [2.24, 2.45) is 0 Å². The molecule has 0 radical (unpaired) electrons. The fraction of sp³-hybridized carbons (Fsp3) is 0.394. The average Bonchev–Trinajstić information content (AvgIpc) is 2.98. The number of carbonyl (C=O) groups excluding carboxylic acids is 2. The van der Waals surface area contributed by atoms with Crippen LogP contribution < -0.4 is 15.4 Å². The monoisotopic (exact) mass is 552 g/mol. The van der Waals surface area contributed by atoms with Crippen molar-refractivity contribution in [3.05, 3.63) is 88.5 Å². The highest BCUT2D eigenvalue weighted by molar-refractivity contribution is 5.97. The van der Waals surface area contributed by atoms with Crippen molar-refractivity contribution in [1.29, 1.82) is 0 Å². The number of phenolic OH excluding ortho intramolecular Hbond substituents is 1. The summed E-state index contributed by atoms with van der Waals surface area (Å²) in [5, 5.41) is 15.4. The van der Waals surface area contributed by atoms with E-state index in [1.54, 1.807) is 19.2 Å². The summed E-state index contributed by atoms with van der Waals surface area (Å²) in [6.45, 7) is 15.8. The van der Waals surface area contributed by atoms with E-state index in [-0.39, 0.29) is 17.2 Å². The van der Waals surface area contributed by atoms with Crippen molar-refractivity contribution in [1.82, 2.24) is 10.6 Å². The number of rotatable bonds is 11. The molecule has 0 aliphatic heterocycles. The first-order chi connectivity index (χ1) is 19.4. The Morgan fingerprint density at radius 3 is 2.10 bits per heavy atom. The number of hydrogen-bond donors (Lipinski definition) is 3. The van der Waals surface area contributed by atoms with Gasteiger partial charge in [-0.05, 0) is 60.7 Å². The molecule has 0 atom stereocenters. The van der Waals surface area contributed by atoms with Gasteiger partial charge in [-0.2, -0.15) is 0 Å². The topological polar surface area (TPSA) is 96.9 Å². The molecule has 0 saturated heterocycles. The lowest BCUT2D eigenvalue weighted by molar-refractivity contribution is -0.109. The van der Waals surface area contributed by atoms with Crippen LogP contribution in [0, 0.1) is 13.8 Å². The van der Waals surface area contributed by atoms with E-state index in [2.05, 4.69) is 34.4 Å². The molecular formula is C33H48N2O5. The van der Waals surface area contributed by atoms with Crippen LogP contribution >= 0.6 is 0 Å². The van der Waals surface area contributed by atoms with Gasteiger partial charge < -0.3 is 25.2 Å². The van der Waals surface area contributed by atoms with Gasteiger partial charge in [0.15, 0.2) is 0 Å². The van der Waals surface area contributed by atoms with Crippen LogP contribution in [0.2, 0.25) is 0 Å². The zero-order valence-corrected chi connectivity index (χ0v) is 25.5. The standard InChI is InChI=1S/C25H27NO3.C4H9NO2.2C2H6/c1-4-8-20-13-17(2)24(18(3)14-20)29-21-11-12-23(27)22(15-21)25(28)26-16-19-9-6-5-7-10-19;1-7-3-2-5-4-6;2*1-2/h5-7,9-15,27H,4,8,16H2,1-3H3,(H,26,28);4H,2-3H2,1H3,(H,5,6);2*1-2H3. The van der Waals surface area contributed by atoms with Gasteiger partial charge in [-0.25, -0.2) is 0 Å². The van der Waals surface area contributed by atoms with Gasteiger partial charge in [0.25, 0.3) is 5.91 Å². The van der Waals surface area contributed by atoms with E-state index in [4.69, 9.17) is 4.74 Å². The second kappa shape index (κ2) is 22.0. The zero-order chi connectivity index (χ0) is 30.3. The van der Waals surface area contributed by atoms with Gasteiger partial charge in [0.1, 0.15) is 17.2 Å². The number of amides is 2. The predicted octanol–water partition coefficient (Wildman–Crippen LogP) is 7.12. The Hall–Kier alpha value is -3.84. The van der Waals surface area contributed by atoms with Crippen LogP contribution in [-0.4, -0.2) is 37.7 Å². The van der Waals surface area contributed by atoms with Gasteiger partial charge in [0.2, 0.25) is 6.41 Å². The molecule has 220 valence electrons. The summed E-state index contributed by atoms with van der Waals surface area (Å²) in [6, 6.07) is 18.7. The van der Waals surface area contributed by atoms with Crippen LogP contribution in [0.3, 0.4) is 0 Å². The third kappa shape index (κ3) is 13.3. The molecule has 0 heterocycles. The number of phenols is 1. The number of benzene rings is 3. The summed E-state index contributed by atoms with van der Waals surface area (Å²) in [7, 11) is 1.59. The largest absolute Gasteiger partial charge is 0.507 e. The molecule has 40 heavy (non-hydrogen) atoms. The summed E-state index contributed by atoms with van der Waals surface area (Å²) in [5.41, 5.74) is 4.58. The van der Waals surface area contributed by atoms with Crippen molar-refractivity contribution < 1.29 is 24.2 Å². The van der Waals surface area contributed by atoms with Crippen LogP contribution in [0.4, 0.5) is 0 Å². The number of nitrogens with one attached hydrogen (secondary N) is 2. The SMILES string of the molecule is CC.CC.CCCc1cc(C)c(Oc2ccc(O)c(C(=O)NCc3ccccc3)c2)c(C)c1.COCCNC=O. The second-order valence-electron chi connectivity index (χ2n) is 8.32. The van der Waals surface area contributed by atoms with Crippen LogP contribution in [0.15, 0.2) is 60.7 Å². The molecule has 7 heteroatoms. The molecule has 0 unspecified atom stereocenters. The smallest absolute Gasteiger partial charge is 0.255 e. The number of methoxy groups -OCH3 is 1. The molecule has 3 N–H and O–H groups in total. The summed E-state index contributed by atoms with van der Waals surface area (Å²) in [4.78, 5) is 22.1. The van der Waals surface area contributed by atoms with Gasteiger partial charge in [0, 0.05) is 20.2 Å². The summed E-state index contributed by atoms with van der Waals surface area (Å²) in [5.74, 6) is 0.881. The summed E-state index contributed by atoms with van der Waals surface area (Å²) in [6.07, 6.45) is 2.78. The molecule has 3 aromatic carbocycles. The molecule has 3 aromatic rings. The molecule has 0 aliphatic carbocycles. The lowest BCUT2D eigenvalue weighted by atomic mass is 10.0. The van der Waals surface area contributed by atoms with E-state index in [0.29, 0.717) is 31.9 Å². The second-order valence-corrected chi connectivity index (χ2v) is 8.32. The van der Waals surface area contributed by atoms with Crippen molar-refractivity contribution in [2.45, 2.75) is 67.9 Å². The van der Waals surface area contributed by atoms with E-state index in [1.807, 2.05) is 71.9 Å². The Morgan fingerprint density at radius 2 is 1.55 bits per heavy atom. The van der Waals surface area contributed by atoms with E-state index in [1.165, 1.54) is 11.6 Å². The highest BCUT2D eigenvalue weighted by Crippen LogP contribution is 2.32. The molecule has 0 spiro atoms. The minimum atomic E-state index is -0.344. The van der Waals surface area contributed by atoms with Crippen LogP contribution in [0.1, 0.15) is 73.7 Å². The first-order valence-electron chi connectivity index (χ1n) is 14.0. The highest BCUT2D eigenvalue weighted by atomic mass is 16.5. The van der Waals surface area contributed by atoms with Crippen molar-refractivity contribution in [2.75, 3.05) is 20.3 Å². The number of aryl methyl sites for hydroxylation is 3. The summed E-state index contributed by atoms with van der Waals surface area (Å²) < 4.78 is 10.7. The third-order valence-electron chi connectivity index (χ3n) is 5.32. The van der Waals surface area contributed by atoms with Crippen molar-refractivity contribution >= 4 is 12.3 Å². The van der Waals surface area contributed by atoms with E-state index >= 15 is 0 Å². The minimum absolute atomic E-state index is 0.0744. The number of ether oxygens (including phenoxy) is 2. The Morgan fingerprint density at radius 1 is 0.925 bits per heavy atom. The quantitative estimate of drug-likeness (QED) is 0.174. The fourth-order valence-corrected chi connectivity index (χ4v) is 3.61. The average molecular weight is 553 g/mol. The van der Waals surface area contributed by atoms with Gasteiger partial charge in [-0.1, -0.05) is 83.5 Å². The first-order valence-corrected chi connectivity index (χ1v) is 14.0. The van der Waals surface area contributed by atoms with Crippen LogP contribution in [-0.2, 0) is 22.5 Å². The van der Waals surface area contributed by atoms with Gasteiger partial charge in [-0.3, -0.25) is 9.59 Å². The predicted molar refractivity (Wildman–Crippen MR) is 164 cm³/mol. The lowest BCUT2D eigenvalue weighted by Crippen LogP contribution is -2.22. The Balaban J connectivity index is 0.00000119. The first kappa shape index (κ1) is 36.2. The molecule has 0 fully saturated rings. The van der Waals surface area contributed by atoms with Gasteiger partial charge in [0.05, 0.1) is 12.2 Å². The molecule has 7 nitrogen and oxygen atoms in total. The van der Waals surface area contributed by atoms with Crippen LogP contribution in [0.5, 0.6) is 17.2 Å². The van der Waals surface area contributed by atoms with E-state index in [9.17, 15) is 14.7 Å². The number of aromatic hydroxyl groups is 1. The maximum atomic E-state index is 12.6. The van der Waals surface area contributed by atoms with Crippen LogP contribution in [0.25, 0.3) is 0 Å². The van der Waals surface area contributed by atoms with E-state index < -0.39 is 0 Å². The molecule has 3 rings (SSSR count). The van der Waals surface area contributed by atoms with Crippen molar-refractivity contribution in [3.8, 4) is 17.2 Å². The molecule has 0 aromatic heterocycles. The Bertz CT molecular complexity index is 1090. The maximum absolute atomic E-state index is 12.6. The number of carbonyl (C=O) groups is 2. The third-order valence-corrected chi connectivity index (χ3v) is 5.32. The highest BCUT2D eigenvalue weighted by Gasteiger charge is 2.14. The normalized spacial score (nSPS) is 9.40. The molecule has 0 saturated carbocycles. The van der Waals surface area contributed by atoms with E-state index in [0.717, 1.165) is 35.3 Å². The minimum Gasteiger partial charge on any atom is -0.507 e. The Kier molecular flexibility index (Phi) is 19.9. The lowest BCUT2D eigenvalue weighted by Gasteiger charge is -2.15. The molecular weight excluding hydrogens is 504 g/mol. The molecule has 0 aliphatic rings. The van der Waals surface area contributed by atoms with Gasteiger partial charge in [-0.15, -0.1) is 0 Å². The Labute approximate surface area is 240 Å². The number of hydrogen-bond acceptors (Lipinski definition) is 5. The fourth-order valence-electron chi connectivity index (χ4n) is 3.61. The molecule has 0 bridgehead atoms. The maximum Gasteiger partial charge on any atom is 0.255 e. The summed E-state index contributed by atoms with van der Waals surface area (Å²) >= 11 is 0. The molecule has 2 amide bonds. The zero-order valence-electron chi connectivity index (χ0n) is 25.5. The van der Waals surface area contributed by atoms with Crippen molar-refractivity contribution in [3.63, 3.8) is 0 Å². The van der Waals surface area contributed by atoms with Gasteiger partial charge >= 0.3 is 0 Å².